The monoisotopic (exact) mass is 410 g/mol. The van der Waals surface area contributed by atoms with Crippen molar-refractivity contribution in [2.75, 3.05) is 0 Å². The van der Waals surface area contributed by atoms with Gasteiger partial charge in [-0.3, -0.25) is 20.2 Å². The largest absolute Gasteiger partial charge is 0.455 e. The van der Waals surface area contributed by atoms with Gasteiger partial charge >= 0.3 is 0 Å². The van der Waals surface area contributed by atoms with Gasteiger partial charge in [-0.05, 0) is 12.1 Å². The van der Waals surface area contributed by atoms with Crippen molar-refractivity contribution in [3.05, 3.63) is 105 Å². The first kappa shape index (κ1) is 18.5. The smallest absolute Gasteiger partial charge is 0.277 e. The van der Waals surface area contributed by atoms with Crippen LogP contribution in [0.1, 0.15) is 0 Å². The van der Waals surface area contributed by atoms with Crippen LogP contribution in [-0.2, 0) is 0 Å². The Morgan fingerprint density at radius 2 is 0.903 bits per heavy atom. The topological polar surface area (TPSA) is 99.4 Å². The van der Waals surface area contributed by atoms with E-state index < -0.39 is 9.85 Å². The molecule has 0 saturated carbocycles. The Labute approximate surface area is 175 Å². The van der Waals surface area contributed by atoms with Gasteiger partial charge in [0, 0.05) is 34.0 Å². The number of nitro benzene ring substituents is 2. The van der Waals surface area contributed by atoms with Crippen molar-refractivity contribution in [1.29, 1.82) is 0 Å². The number of hydrogen-bond acceptors (Lipinski definition) is 5. The fourth-order valence-electron chi connectivity index (χ4n) is 3.97. The number of fused-ring (bicyclic) bond motifs is 3. The maximum atomic E-state index is 11.6. The molecule has 0 unspecified atom stereocenters. The van der Waals surface area contributed by atoms with Crippen LogP contribution in [-0.4, -0.2) is 9.85 Å². The Morgan fingerprint density at radius 1 is 0.516 bits per heavy atom. The predicted octanol–water partition coefficient (Wildman–Crippen LogP) is 6.74. The molecule has 0 atom stereocenters. The summed E-state index contributed by atoms with van der Waals surface area (Å²) in [5, 5.41) is 24.7. The summed E-state index contributed by atoms with van der Waals surface area (Å²) in [5.41, 5.74) is 3.04. The van der Waals surface area contributed by atoms with E-state index in [1.165, 1.54) is 12.1 Å². The fourth-order valence-corrected chi connectivity index (χ4v) is 3.97. The van der Waals surface area contributed by atoms with Crippen molar-refractivity contribution < 1.29 is 14.3 Å². The first-order valence-corrected chi connectivity index (χ1v) is 9.48. The minimum Gasteiger partial charge on any atom is -0.455 e. The summed E-state index contributed by atoms with van der Waals surface area (Å²) >= 11 is 0. The third-order valence-electron chi connectivity index (χ3n) is 5.31. The quantitative estimate of drug-likeness (QED) is 0.241. The molecular formula is C24H14N2O5. The summed E-state index contributed by atoms with van der Waals surface area (Å²) in [6.45, 7) is 0. The van der Waals surface area contributed by atoms with E-state index in [2.05, 4.69) is 0 Å². The van der Waals surface area contributed by atoms with Crippen LogP contribution in [0.3, 0.4) is 0 Å². The summed E-state index contributed by atoms with van der Waals surface area (Å²) in [4.78, 5) is 22.3. The zero-order valence-corrected chi connectivity index (χ0v) is 16.0. The minimum atomic E-state index is -0.421. The Balaban J connectivity index is 1.84. The molecule has 1 heterocycles. The van der Waals surface area contributed by atoms with Gasteiger partial charge in [-0.15, -0.1) is 0 Å². The lowest BCUT2D eigenvalue weighted by Gasteiger charge is -2.04. The van der Waals surface area contributed by atoms with Crippen molar-refractivity contribution >= 4 is 33.3 Å². The van der Waals surface area contributed by atoms with Gasteiger partial charge in [0.2, 0.25) is 0 Å². The summed E-state index contributed by atoms with van der Waals surface area (Å²) in [7, 11) is 0. The Kier molecular flexibility index (Phi) is 4.22. The number of nitro groups is 2. The van der Waals surface area contributed by atoms with Gasteiger partial charge in [0.25, 0.3) is 11.4 Å². The zero-order chi connectivity index (χ0) is 21.5. The lowest BCUT2D eigenvalue weighted by atomic mass is 9.99. The zero-order valence-electron chi connectivity index (χ0n) is 16.0. The Bertz CT molecular complexity index is 1390. The molecule has 31 heavy (non-hydrogen) atoms. The summed E-state index contributed by atoms with van der Waals surface area (Å²) in [6.07, 6.45) is 0. The molecule has 0 N–H and O–H groups in total. The maximum Gasteiger partial charge on any atom is 0.277 e. The summed E-state index contributed by atoms with van der Waals surface area (Å²) in [5.74, 6) is 0. The first-order chi connectivity index (χ1) is 15.1. The van der Waals surface area contributed by atoms with Gasteiger partial charge in [-0.2, -0.15) is 0 Å². The first-order valence-electron chi connectivity index (χ1n) is 9.48. The number of benzene rings is 4. The number of rotatable bonds is 4. The second-order valence-corrected chi connectivity index (χ2v) is 7.02. The van der Waals surface area contributed by atoms with Gasteiger partial charge in [0.05, 0.1) is 21.0 Å². The molecule has 0 spiro atoms. The van der Waals surface area contributed by atoms with Crippen molar-refractivity contribution in [3.8, 4) is 22.3 Å². The van der Waals surface area contributed by atoms with Crippen LogP contribution >= 0.6 is 0 Å². The van der Waals surface area contributed by atoms with Crippen LogP contribution in [0.5, 0.6) is 0 Å². The molecule has 0 bridgehead atoms. The molecule has 1 aromatic heterocycles. The third kappa shape index (κ3) is 2.91. The molecule has 0 radical (unpaired) electrons. The van der Waals surface area contributed by atoms with Crippen LogP contribution in [0.15, 0.2) is 89.3 Å². The van der Waals surface area contributed by atoms with Crippen molar-refractivity contribution in [3.63, 3.8) is 0 Å². The molecular weight excluding hydrogens is 396 g/mol. The lowest BCUT2D eigenvalue weighted by molar-refractivity contribution is -0.384. The number of para-hydroxylation sites is 4. The standard InChI is InChI=1S/C24H14N2O5/c27-25(28)21-13-3-1-7-15(21)17-9-5-11-19-20-12-6-10-18(24(20)31-23(17)19)16-8-2-4-14-22(16)26(29)30/h1-14H. The van der Waals surface area contributed by atoms with Crippen molar-refractivity contribution in [2.24, 2.45) is 0 Å². The van der Waals surface area contributed by atoms with Crippen molar-refractivity contribution in [2.45, 2.75) is 0 Å². The predicted molar refractivity (Wildman–Crippen MR) is 118 cm³/mol. The van der Waals surface area contributed by atoms with E-state index in [9.17, 15) is 20.2 Å². The van der Waals surface area contributed by atoms with Crippen LogP contribution < -0.4 is 0 Å². The Hall–Kier alpha value is -4.52. The highest BCUT2D eigenvalue weighted by molar-refractivity contribution is 6.13. The van der Waals surface area contributed by atoms with E-state index in [0.29, 0.717) is 33.4 Å². The number of hydrogen-bond donors (Lipinski definition) is 0. The van der Waals surface area contributed by atoms with Gasteiger partial charge in [0.15, 0.2) is 0 Å². The summed E-state index contributed by atoms with van der Waals surface area (Å²) < 4.78 is 6.25. The molecule has 0 saturated heterocycles. The third-order valence-corrected chi connectivity index (χ3v) is 5.31. The molecule has 7 heteroatoms. The molecule has 0 aliphatic heterocycles. The summed E-state index contributed by atoms with van der Waals surface area (Å²) in [6, 6.07) is 23.9. The maximum absolute atomic E-state index is 11.6. The van der Waals surface area contributed by atoms with Gasteiger partial charge in [-0.1, -0.05) is 60.7 Å². The molecule has 0 fully saturated rings. The van der Waals surface area contributed by atoms with Crippen molar-refractivity contribution in [1.82, 2.24) is 0 Å². The average molecular weight is 410 g/mol. The minimum absolute atomic E-state index is 0.0191. The molecule has 4 aromatic carbocycles. The second kappa shape index (κ2) is 7.07. The van der Waals surface area contributed by atoms with Crippen LogP contribution in [0.4, 0.5) is 11.4 Å². The van der Waals surface area contributed by atoms with E-state index in [1.807, 2.05) is 24.3 Å². The van der Waals surface area contributed by atoms with E-state index in [0.717, 1.165) is 10.8 Å². The van der Waals surface area contributed by atoms with Gasteiger partial charge in [-0.25, -0.2) is 0 Å². The van der Waals surface area contributed by atoms with Gasteiger partial charge in [0.1, 0.15) is 11.2 Å². The normalized spacial score (nSPS) is 11.1. The van der Waals surface area contributed by atoms with E-state index in [-0.39, 0.29) is 11.4 Å². The highest BCUT2D eigenvalue weighted by Crippen LogP contribution is 2.42. The fraction of sp³-hybridized carbons (Fsp3) is 0. The molecule has 5 rings (SSSR count). The number of nitrogens with zero attached hydrogens (tertiary/aromatic N) is 2. The highest BCUT2D eigenvalue weighted by atomic mass is 16.6. The van der Waals surface area contributed by atoms with Crippen LogP contribution in [0, 0.1) is 20.2 Å². The molecule has 5 aromatic rings. The van der Waals surface area contributed by atoms with E-state index in [4.69, 9.17) is 4.42 Å². The molecule has 0 amide bonds. The van der Waals surface area contributed by atoms with Crippen LogP contribution in [0.2, 0.25) is 0 Å². The average Bonchev–Trinajstić information content (AvgIpc) is 3.18. The lowest BCUT2D eigenvalue weighted by Crippen LogP contribution is -1.91. The van der Waals surface area contributed by atoms with E-state index in [1.54, 1.807) is 48.5 Å². The molecule has 0 aliphatic carbocycles. The second-order valence-electron chi connectivity index (χ2n) is 7.02. The molecule has 0 aliphatic rings. The molecule has 150 valence electrons. The SMILES string of the molecule is O=[N+]([O-])c1ccccc1-c1cccc2c1oc1c(-c3ccccc3[N+](=O)[O-])cccc12. The highest BCUT2D eigenvalue weighted by Gasteiger charge is 2.22. The Morgan fingerprint density at radius 3 is 1.32 bits per heavy atom. The molecule has 7 nitrogen and oxygen atoms in total. The van der Waals surface area contributed by atoms with E-state index >= 15 is 0 Å². The number of furan rings is 1. The van der Waals surface area contributed by atoms with Crippen LogP contribution in [0.25, 0.3) is 44.2 Å². The van der Waals surface area contributed by atoms with Gasteiger partial charge < -0.3 is 4.42 Å².